The lowest BCUT2D eigenvalue weighted by Crippen LogP contribution is -2.37. The summed E-state index contributed by atoms with van der Waals surface area (Å²) in [6.07, 6.45) is 2.03. The van der Waals surface area contributed by atoms with Gasteiger partial charge in [0.2, 0.25) is 0 Å². The fraction of sp³-hybridized carbons (Fsp3) is 0.429. The van der Waals surface area contributed by atoms with Gasteiger partial charge in [-0.2, -0.15) is 0 Å². The Labute approximate surface area is 124 Å². The molecule has 8 nitrogen and oxygen atoms in total. The lowest BCUT2D eigenvalue weighted by Gasteiger charge is -2.19. The van der Waals surface area contributed by atoms with E-state index in [1.807, 2.05) is 0 Å². The fourth-order valence-electron chi connectivity index (χ4n) is 2.91. The number of aromatic amines is 1. The van der Waals surface area contributed by atoms with Crippen molar-refractivity contribution in [2.75, 3.05) is 6.61 Å². The zero-order valence-corrected chi connectivity index (χ0v) is 11.5. The maximum atomic E-state index is 12.0. The highest BCUT2D eigenvalue weighted by atomic mass is 16.3. The first-order chi connectivity index (χ1) is 10.5. The van der Waals surface area contributed by atoms with E-state index in [9.17, 15) is 24.9 Å². The van der Waals surface area contributed by atoms with Crippen LogP contribution < -0.4 is 11.2 Å². The number of nitrogens with zero attached hydrogens (tertiary/aromatic N) is 1. The molecular weight excluding hydrogens is 292 g/mol. The Balaban J connectivity index is 2.07. The Morgan fingerprint density at radius 3 is 2.68 bits per heavy atom. The van der Waals surface area contributed by atoms with Gasteiger partial charge in [0.15, 0.2) is 0 Å². The molecule has 0 saturated heterocycles. The van der Waals surface area contributed by atoms with E-state index in [4.69, 9.17) is 4.42 Å². The van der Waals surface area contributed by atoms with Crippen molar-refractivity contribution in [2.24, 2.45) is 5.92 Å². The van der Waals surface area contributed by atoms with Crippen LogP contribution in [0.5, 0.6) is 0 Å². The molecule has 22 heavy (non-hydrogen) atoms. The number of furan rings is 1. The van der Waals surface area contributed by atoms with Crippen LogP contribution in [0.3, 0.4) is 0 Å². The lowest BCUT2D eigenvalue weighted by molar-refractivity contribution is -0.00454. The zero-order chi connectivity index (χ0) is 15.9. The van der Waals surface area contributed by atoms with E-state index >= 15 is 0 Å². The molecule has 0 amide bonds. The molecule has 2 aromatic heterocycles. The third-order valence-corrected chi connectivity index (χ3v) is 4.16. The molecule has 2 heterocycles. The number of H-pyrrole nitrogens is 1. The number of aromatic nitrogens is 2. The first-order valence-corrected chi connectivity index (χ1v) is 6.88. The molecule has 4 N–H and O–H groups in total. The molecule has 0 radical (unpaired) electrons. The highest BCUT2D eigenvalue weighted by molar-refractivity contribution is 5.59. The lowest BCUT2D eigenvalue weighted by atomic mass is 10.1. The third-order valence-electron chi connectivity index (χ3n) is 4.16. The molecule has 1 saturated carbocycles. The van der Waals surface area contributed by atoms with Crippen molar-refractivity contribution < 1.29 is 19.7 Å². The minimum atomic E-state index is -1.20. The van der Waals surface area contributed by atoms with E-state index in [1.165, 1.54) is 23.3 Å². The minimum Gasteiger partial charge on any atom is -0.472 e. The van der Waals surface area contributed by atoms with Crippen LogP contribution in [0.1, 0.15) is 12.5 Å². The predicted octanol–water partition coefficient (Wildman–Crippen LogP) is -0.928. The topological polar surface area (TPSA) is 129 Å². The van der Waals surface area contributed by atoms with E-state index in [0.717, 1.165) is 0 Å². The molecule has 1 fully saturated rings. The summed E-state index contributed by atoms with van der Waals surface area (Å²) >= 11 is 0. The van der Waals surface area contributed by atoms with Crippen LogP contribution in [0, 0.1) is 5.92 Å². The number of rotatable bonds is 3. The van der Waals surface area contributed by atoms with Gasteiger partial charge < -0.3 is 19.7 Å². The Morgan fingerprint density at radius 2 is 2.09 bits per heavy atom. The Morgan fingerprint density at radius 1 is 1.32 bits per heavy atom. The summed E-state index contributed by atoms with van der Waals surface area (Å²) in [5.41, 5.74) is -0.509. The number of hydrogen-bond acceptors (Lipinski definition) is 6. The van der Waals surface area contributed by atoms with Gasteiger partial charge in [0, 0.05) is 24.3 Å². The molecule has 1 aliphatic carbocycles. The molecule has 1 aliphatic rings. The number of aliphatic hydroxyl groups is 3. The summed E-state index contributed by atoms with van der Waals surface area (Å²) < 4.78 is 6.12. The fourth-order valence-corrected chi connectivity index (χ4v) is 2.91. The first kappa shape index (κ1) is 14.8. The maximum absolute atomic E-state index is 12.0. The summed E-state index contributed by atoms with van der Waals surface area (Å²) in [6, 6.07) is 0.859. The monoisotopic (exact) mass is 308 g/mol. The minimum absolute atomic E-state index is 0.225. The second kappa shape index (κ2) is 5.56. The van der Waals surface area contributed by atoms with Gasteiger partial charge >= 0.3 is 5.69 Å². The highest BCUT2D eigenvalue weighted by Crippen LogP contribution is 2.34. The smallest absolute Gasteiger partial charge is 0.328 e. The van der Waals surface area contributed by atoms with Crippen molar-refractivity contribution in [3.05, 3.63) is 45.6 Å². The summed E-state index contributed by atoms with van der Waals surface area (Å²) in [7, 11) is 0. The average Bonchev–Trinajstić information content (AvgIpc) is 3.10. The zero-order valence-electron chi connectivity index (χ0n) is 11.5. The molecule has 0 unspecified atom stereocenters. The number of aliphatic hydroxyl groups excluding tert-OH is 3. The molecule has 0 spiro atoms. The van der Waals surface area contributed by atoms with Gasteiger partial charge in [-0.05, 0) is 12.5 Å². The van der Waals surface area contributed by atoms with Crippen LogP contribution >= 0.6 is 0 Å². The number of nitrogens with one attached hydrogen (secondary N) is 1. The molecule has 8 heteroatoms. The molecule has 118 valence electrons. The molecule has 0 aromatic carbocycles. The van der Waals surface area contributed by atoms with E-state index in [0.29, 0.717) is 5.56 Å². The van der Waals surface area contributed by atoms with E-state index < -0.39 is 35.4 Å². The predicted molar refractivity (Wildman–Crippen MR) is 75.3 cm³/mol. The van der Waals surface area contributed by atoms with E-state index in [1.54, 1.807) is 6.07 Å². The summed E-state index contributed by atoms with van der Waals surface area (Å²) in [5, 5.41) is 29.2. The SMILES string of the molecule is O=c1[nH]c(=O)n([C@@H]2C[C@H](CO)[C@H](O)[C@@H]2O)cc1-c1ccoc1. The Kier molecular flexibility index (Phi) is 3.73. The van der Waals surface area contributed by atoms with Gasteiger partial charge in [-0.25, -0.2) is 4.79 Å². The Bertz CT molecular complexity index is 762. The molecule has 4 atom stereocenters. The molecule has 0 aliphatic heterocycles. The van der Waals surface area contributed by atoms with Crippen LogP contribution in [0.25, 0.3) is 11.1 Å². The quantitative estimate of drug-likeness (QED) is 0.580. The van der Waals surface area contributed by atoms with Crippen LogP contribution in [0.2, 0.25) is 0 Å². The van der Waals surface area contributed by atoms with Gasteiger partial charge in [-0.1, -0.05) is 0 Å². The second-order valence-electron chi connectivity index (χ2n) is 5.45. The molecule has 3 rings (SSSR count). The number of hydrogen-bond donors (Lipinski definition) is 4. The normalized spacial score (nSPS) is 28.1. The molecule has 2 aromatic rings. The van der Waals surface area contributed by atoms with Gasteiger partial charge in [-0.15, -0.1) is 0 Å². The van der Waals surface area contributed by atoms with Crippen LogP contribution in [0.4, 0.5) is 0 Å². The van der Waals surface area contributed by atoms with Crippen molar-refractivity contribution in [2.45, 2.75) is 24.7 Å². The Hall–Kier alpha value is -2.16. The van der Waals surface area contributed by atoms with Crippen LogP contribution in [0.15, 0.2) is 38.8 Å². The van der Waals surface area contributed by atoms with Crippen molar-refractivity contribution >= 4 is 0 Å². The molecule has 0 bridgehead atoms. The van der Waals surface area contributed by atoms with Gasteiger partial charge in [-0.3, -0.25) is 14.3 Å². The summed E-state index contributed by atoms with van der Waals surface area (Å²) in [4.78, 5) is 26.1. The summed E-state index contributed by atoms with van der Waals surface area (Å²) in [5.74, 6) is -0.517. The van der Waals surface area contributed by atoms with Crippen molar-refractivity contribution in [1.82, 2.24) is 9.55 Å². The van der Waals surface area contributed by atoms with Crippen molar-refractivity contribution in [3.63, 3.8) is 0 Å². The standard InChI is InChI=1S/C14H16N2O6/c17-5-8-3-10(12(19)11(8)18)16-4-9(7-1-2-22-6-7)13(20)15-14(16)21/h1-2,4,6,8,10-12,17-19H,3,5H2,(H,15,20,21)/t8-,10-,11+,12-/m1/s1. The van der Waals surface area contributed by atoms with E-state index in [2.05, 4.69) is 4.98 Å². The summed E-state index contributed by atoms with van der Waals surface area (Å²) in [6.45, 7) is -0.290. The molecular formula is C14H16N2O6. The third kappa shape index (κ3) is 2.31. The highest BCUT2D eigenvalue weighted by Gasteiger charge is 2.42. The van der Waals surface area contributed by atoms with Crippen molar-refractivity contribution in [3.8, 4) is 11.1 Å². The van der Waals surface area contributed by atoms with E-state index in [-0.39, 0.29) is 18.6 Å². The first-order valence-electron chi connectivity index (χ1n) is 6.88. The van der Waals surface area contributed by atoms with Gasteiger partial charge in [0.25, 0.3) is 5.56 Å². The average molecular weight is 308 g/mol. The van der Waals surface area contributed by atoms with Gasteiger partial charge in [0.05, 0.1) is 30.2 Å². The maximum Gasteiger partial charge on any atom is 0.328 e. The van der Waals surface area contributed by atoms with Crippen LogP contribution in [-0.4, -0.2) is 43.7 Å². The second-order valence-corrected chi connectivity index (χ2v) is 5.45. The van der Waals surface area contributed by atoms with Gasteiger partial charge in [0.1, 0.15) is 6.10 Å². The van der Waals surface area contributed by atoms with Crippen molar-refractivity contribution in [1.29, 1.82) is 0 Å². The largest absolute Gasteiger partial charge is 0.472 e. The van der Waals surface area contributed by atoms with Crippen LogP contribution in [-0.2, 0) is 0 Å².